The van der Waals surface area contributed by atoms with E-state index in [0.29, 0.717) is 27.9 Å². The fourth-order valence-electron chi connectivity index (χ4n) is 8.03. The third kappa shape index (κ3) is 4.75. The number of nitrogens with one attached hydrogen (secondary N) is 2. The lowest BCUT2D eigenvalue weighted by atomic mass is 9.68. The molecule has 46 heavy (non-hydrogen) atoms. The lowest BCUT2D eigenvalue weighted by molar-refractivity contribution is -0.123. The number of ether oxygens (including phenoxy) is 2. The number of thioether (sulfide) groups is 1. The summed E-state index contributed by atoms with van der Waals surface area (Å²) < 4.78 is 11.0. The molecule has 2 aliphatic heterocycles. The highest BCUT2D eigenvalue weighted by Crippen LogP contribution is 2.68. The lowest BCUT2D eigenvalue weighted by Crippen LogP contribution is -2.42. The van der Waals surface area contributed by atoms with Gasteiger partial charge in [-0.2, -0.15) is 0 Å². The predicted octanol–water partition coefficient (Wildman–Crippen LogP) is 5.79. The van der Waals surface area contributed by atoms with Crippen molar-refractivity contribution in [3.8, 4) is 11.5 Å². The van der Waals surface area contributed by atoms with E-state index < -0.39 is 0 Å². The molecule has 0 radical (unpaired) electrons. The molecule has 3 amide bonds. The number of hydrogen-bond donors (Lipinski definition) is 2. The van der Waals surface area contributed by atoms with Gasteiger partial charge in [-0.1, -0.05) is 35.1 Å². The Bertz CT molecular complexity index is 1910. The molecule has 7 atom stereocenters. The van der Waals surface area contributed by atoms with Gasteiger partial charge in [0.15, 0.2) is 6.61 Å². The lowest BCUT2D eigenvalue weighted by Gasteiger charge is -2.43. The van der Waals surface area contributed by atoms with Crippen molar-refractivity contribution in [3.63, 3.8) is 0 Å². The van der Waals surface area contributed by atoms with Gasteiger partial charge in [0.1, 0.15) is 11.5 Å². The van der Waals surface area contributed by atoms with Crippen LogP contribution in [-0.2, 0) is 14.4 Å². The van der Waals surface area contributed by atoms with Crippen LogP contribution < -0.4 is 24.6 Å². The third-order valence-electron chi connectivity index (χ3n) is 9.79. The van der Waals surface area contributed by atoms with Gasteiger partial charge in [-0.15, -0.1) is 11.8 Å². The normalized spacial score (nSPS) is 27.3. The van der Waals surface area contributed by atoms with Crippen LogP contribution in [0.4, 0.5) is 11.4 Å². The minimum absolute atomic E-state index is 0.00930. The molecule has 2 aliphatic carbocycles. The minimum Gasteiger partial charge on any atom is -0.497 e. The number of thiazole rings is 1. The summed E-state index contributed by atoms with van der Waals surface area (Å²) in [5.74, 6) is -0.0976. The first-order valence-electron chi connectivity index (χ1n) is 15.0. The van der Waals surface area contributed by atoms with E-state index in [1.807, 2.05) is 24.3 Å². The van der Waals surface area contributed by atoms with E-state index in [0.717, 1.165) is 21.9 Å². The number of benzene rings is 3. The van der Waals surface area contributed by atoms with Gasteiger partial charge in [0, 0.05) is 26.8 Å². The van der Waals surface area contributed by atoms with Crippen LogP contribution in [0.25, 0.3) is 0 Å². The van der Waals surface area contributed by atoms with E-state index in [9.17, 15) is 19.2 Å². The third-order valence-corrected chi connectivity index (χ3v) is 12.6. The van der Waals surface area contributed by atoms with Crippen molar-refractivity contribution in [1.82, 2.24) is 4.98 Å². The maximum Gasteiger partial charge on any atom is 0.305 e. The smallest absolute Gasteiger partial charge is 0.305 e. The van der Waals surface area contributed by atoms with Crippen molar-refractivity contribution < 1.29 is 23.9 Å². The fraction of sp³-hybridized carbons (Fsp3) is 0.294. The number of carbonyl (C=O) groups is 3. The van der Waals surface area contributed by atoms with E-state index in [2.05, 4.69) is 10.3 Å². The molecule has 1 aromatic heterocycles. The number of amides is 3. The predicted molar refractivity (Wildman–Crippen MR) is 176 cm³/mol. The van der Waals surface area contributed by atoms with Crippen LogP contribution in [0.5, 0.6) is 11.5 Å². The van der Waals surface area contributed by atoms with Gasteiger partial charge in [0.25, 0.3) is 5.91 Å². The number of aromatic amines is 1. The molecule has 2 bridgehead atoms. The quantitative estimate of drug-likeness (QED) is 0.238. The zero-order chi connectivity index (χ0) is 31.7. The molecule has 0 spiro atoms. The molecule has 6 unspecified atom stereocenters. The maximum absolute atomic E-state index is 14.0. The van der Waals surface area contributed by atoms with Crippen LogP contribution in [0.1, 0.15) is 22.8 Å². The molecule has 3 aromatic carbocycles. The van der Waals surface area contributed by atoms with Crippen LogP contribution in [0.3, 0.4) is 0 Å². The summed E-state index contributed by atoms with van der Waals surface area (Å²) >= 11 is 8.80. The van der Waals surface area contributed by atoms with Crippen molar-refractivity contribution in [2.45, 2.75) is 22.6 Å². The van der Waals surface area contributed by atoms with Crippen molar-refractivity contribution >= 4 is 63.8 Å². The summed E-state index contributed by atoms with van der Waals surface area (Å²) in [6.45, 7) is -0.163. The van der Waals surface area contributed by atoms with Crippen molar-refractivity contribution in [3.05, 3.63) is 97.9 Å². The second-order valence-corrected chi connectivity index (χ2v) is 14.7. The first kappa shape index (κ1) is 29.3. The second-order valence-electron chi connectivity index (χ2n) is 12.1. The van der Waals surface area contributed by atoms with Crippen LogP contribution in [0.2, 0.25) is 5.02 Å². The highest BCUT2D eigenvalue weighted by atomic mass is 35.5. The molecule has 3 heterocycles. The zero-order valence-electron chi connectivity index (χ0n) is 24.5. The average molecular weight is 674 g/mol. The zero-order valence-corrected chi connectivity index (χ0v) is 26.9. The van der Waals surface area contributed by atoms with Gasteiger partial charge < -0.3 is 19.8 Å². The van der Waals surface area contributed by atoms with E-state index in [-0.39, 0.29) is 70.0 Å². The molecule has 12 heteroatoms. The minimum atomic E-state index is -0.386. The number of imide groups is 1. The summed E-state index contributed by atoms with van der Waals surface area (Å²) in [5, 5.41) is 4.31. The van der Waals surface area contributed by atoms with Gasteiger partial charge in [-0.25, -0.2) is 0 Å². The Labute approximate surface area is 277 Å². The van der Waals surface area contributed by atoms with Crippen LogP contribution in [0, 0.1) is 29.6 Å². The Kier molecular flexibility index (Phi) is 7.23. The number of fused-ring (bicyclic) bond motifs is 9. The van der Waals surface area contributed by atoms with E-state index in [1.54, 1.807) is 67.4 Å². The van der Waals surface area contributed by atoms with Crippen LogP contribution in [0.15, 0.2) is 82.6 Å². The molecule has 2 saturated carbocycles. The summed E-state index contributed by atoms with van der Waals surface area (Å²) in [4.78, 5) is 58.1. The number of anilines is 2. The highest BCUT2D eigenvalue weighted by molar-refractivity contribution is 8.00. The Morgan fingerprint density at radius 1 is 0.935 bits per heavy atom. The summed E-state index contributed by atoms with van der Waals surface area (Å²) in [6, 6.07) is 21.5. The largest absolute Gasteiger partial charge is 0.497 e. The molecule has 9 nitrogen and oxygen atoms in total. The standard InChI is InChI=1S/C34H28ClN3O6S2/c1-43-20-12-8-19(9-13-20)38-32(40)27-22-14-23(28(27)33(38)41)29-26(22)25(30-31(45-29)37-34(42)46-30)16-2-10-21(11-3-16)44-15-24(39)36-18-6-4-17(35)5-7-18/h2-13,22-23,25-29H,14-15H2,1H3,(H,36,39)(H,37,42)/t22?,23?,25-,26?,27?,28?,29?/m1/s1. The molecule has 8 rings (SSSR count). The number of H-pyrrole nitrogens is 1. The molecule has 3 fully saturated rings. The van der Waals surface area contributed by atoms with Crippen molar-refractivity contribution in [2.24, 2.45) is 29.6 Å². The second kappa shape index (κ2) is 11.3. The van der Waals surface area contributed by atoms with Crippen molar-refractivity contribution in [1.29, 1.82) is 0 Å². The Hall–Kier alpha value is -4.06. The van der Waals surface area contributed by atoms with Gasteiger partial charge in [0.05, 0.1) is 29.7 Å². The van der Waals surface area contributed by atoms with Gasteiger partial charge in [0.2, 0.25) is 11.8 Å². The number of methoxy groups -OCH3 is 1. The first-order chi connectivity index (χ1) is 22.3. The average Bonchev–Trinajstić information content (AvgIpc) is 3.80. The fourth-order valence-corrected chi connectivity index (χ4v) is 11.0. The Morgan fingerprint density at radius 2 is 1.61 bits per heavy atom. The Morgan fingerprint density at radius 3 is 2.30 bits per heavy atom. The topological polar surface area (TPSA) is 118 Å². The number of aromatic nitrogens is 1. The van der Waals surface area contributed by atoms with E-state index in [1.165, 1.54) is 16.2 Å². The van der Waals surface area contributed by atoms with E-state index in [4.69, 9.17) is 21.1 Å². The van der Waals surface area contributed by atoms with E-state index >= 15 is 0 Å². The van der Waals surface area contributed by atoms with Gasteiger partial charge in [-0.3, -0.25) is 24.1 Å². The summed E-state index contributed by atoms with van der Waals surface area (Å²) in [5.41, 5.74) is 2.21. The number of halogens is 1. The molecule has 4 aliphatic rings. The summed E-state index contributed by atoms with van der Waals surface area (Å²) in [6.07, 6.45) is 0.811. The number of carbonyl (C=O) groups excluding carboxylic acids is 3. The first-order valence-corrected chi connectivity index (χ1v) is 17.1. The van der Waals surface area contributed by atoms with Gasteiger partial charge in [-0.05, 0) is 90.4 Å². The summed E-state index contributed by atoms with van der Waals surface area (Å²) in [7, 11) is 1.58. The number of rotatable bonds is 7. The van der Waals surface area contributed by atoms with Crippen molar-refractivity contribution in [2.75, 3.05) is 23.9 Å². The number of nitrogens with zero attached hydrogens (tertiary/aromatic N) is 1. The molecular formula is C34H28ClN3O6S2. The molecular weight excluding hydrogens is 646 g/mol. The molecule has 234 valence electrons. The monoisotopic (exact) mass is 673 g/mol. The van der Waals surface area contributed by atoms with Gasteiger partial charge >= 0.3 is 4.87 Å². The van der Waals surface area contributed by atoms with Crippen LogP contribution >= 0.6 is 34.7 Å². The molecule has 4 aromatic rings. The maximum atomic E-state index is 14.0. The Balaban J connectivity index is 1.05. The SMILES string of the molecule is COc1ccc(N2C(=O)C3C4CC(C3C2=O)C2C4Sc3[nH]c(=O)sc3[C@@H]2c2ccc(OCC(=O)Nc3ccc(Cl)cc3)cc2)cc1. The molecule has 2 N–H and O–H groups in total. The van der Waals surface area contributed by atoms with Crippen LogP contribution in [-0.4, -0.2) is 41.7 Å². The highest BCUT2D eigenvalue weighted by Gasteiger charge is 2.69. The molecule has 1 saturated heterocycles. The number of hydrogen-bond acceptors (Lipinski definition) is 8.